The minimum absolute atomic E-state index is 0.152. The largest absolute Gasteiger partial charge is 0.508 e. The molecule has 3 heteroatoms. The molecule has 1 aromatic rings. The van der Waals surface area contributed by atoms with Crippen molar-refractivity contribution in [1.82, 2.24) is 0 Å². The highest BCUT2D eigenvalue weighted by atomic mass is 16.3. The summed E-state index contributed by atoms with van der Waals surface area (Å²) in [5.41, 5.74) is 0.711. The number of aliphatic hydroxyl groups is 1. The van der Waals surface area contributed by atoms with Crippen LogP contribution in [0.2, 0.25) is 0 Å². The maximum Gasteiger partial charge on any atom is 0.130 e. The molecule has 0 saturated carbocycles. The average Bonchev–Trinajstić information content (AvgIpc) is 2.09. The summed E-state index contributed by atoms with van der Waals surface area (Å²) in [5.74, 6) is -0.361. The predicted octanol–water partition coefficient (Wildman–Crippen LogP) is 1.06. The summed E-state index contributed by atoms with van der Waals surface area (Å²) < 4.78 is 0. The van der Waals surface area contributed by atoms with Crippen molar-refractivity contribution < 1.29 is 15.0 Å². The van der Waals surface area contributed by atoms with E-state index in [9.17, 15) is 9.90 Å². The quantitative estimate of drug-likeness (QED) is 0.684. The molecule has 0 aliphatic carbocycles. The Labute approximate surface area is 76.6 Å². The number of aromatic hydroxyl groups is 1. The first-order valence-electron chi connectivity index (χ1n) is 4.07. The molecular weight excluding hydrogens is 168 g/mol. The van der Waals surface area contributed by atoms with E-state index in [4.69, 9.17) is 5.11 Å². The van der Waals surface area contributed by atoms with Gasteiger partial charge in [-0.15, -0.1) is 0 Å². The second-order valence-electron chi connectivity index (χ2n) is 2.99. The van der Waals surface area contributed by atoms with Gasteiger partial charge in [-0.2, -0.15) is 0 Å². The average molecular weight is 180 g/mol. The Kier molecular flexibility index (Phi) is 3.03. The van der Waals surface area contributed by atoms with Gasteiger partial charge in [0.1, 0.15) is 12.0 Å². The lowest BCUT2D eigenvalue weighted by Crippen LogP contribution is -2.15. The molecule has 0 saturated heterocycles. The van der Waals surface area contributed by atoms with Crippen LogP contribution in [0.4, 0.5) is 0 Å². The van der Waals surface area contributed by atoms with Crippen LogP contribution >= 0.6 is 0 Å². The van der Waals surface area contributed by atoms with Gasteiger partial charge >= 0.3 is 0 Å². The fourth-order valence-electron chi connectivity index (χ4n) is 1.17. The van der Waals surface area contributed by atoms with E-state index in [0.717, 1.165) is 0 Å². The fraction of sp³-hybridized carbons (Fsp3) is 0.300. The summed E-state index contributed by atoms with van der Waals surface area (Å²) in [4.78, 5) is 10.6. The molecule has 0 bridgehead atoms. The molecule has 0 fully saturated rings. The van der Waals surface area contributed by atoms with Crippen molar-refractivity contribution in [2.24, 2.45) is 0 Å². The van der Waals surface area contributed by atoms with E-state index in [-0.39, 0.29) is 5.75 Å². The van der Waals surface area contributed by atoms with Crippen molar-refractivity contribution in [1.29, 1.82) is 0 Å². The summed E-state index contributed by atoms with van der Waals surface area (Å²) in [5, 5.41) is 18.2. The van der Waals surface area contributed by atoms with E-state index in [1.54, 1.807) is 19.1 Å². The SMILES string of the molecule is CC(O)C(C=O)c1ccc(O)cc1. The van der Waals surface area contributed by atoms with Crippen LogP contribution in [-0.4, -0.2) is 22.6 Å². The Morgan fingerprint density at radius 2 is 1.85 bits per heavy atom. The monoisotopic (exact) mass is 180 g/mol. The van der Waals surface area contributed by atoms with Gasteiger partial charge in [-0.3, -0.25) is 0 Å². The van der Waals surface area contributed by atoms with Crippen molar-refractivity contribution in [2.75, 3.05) is 0 Å². The molecule has 0 radical (unpaired) electrons. The molecule has 13 heavy (non-hydrogen) atoms. The molecule has 1 aromatic carbocycles. The van der Waals surface area contributed by atoms with E-state index in [2.05, 4.69) is 0 Å². The molecule has 3 nitrogen and oxygen atoms in total. The van der Waals surface area contributed by atoms with Crippen molar-refractivity contribution in [3.63, 3.8) is 0 Å². The standard InChI is InChI=1S/C10H12O3/c1-7(12)10(6-11)8-2-4-9(13)5-3-8/h2-7,10,12-13H,1H3. The third-order valence-corrected chi connectivity index (χ3v) is 1.94. The van der Waals surface area contributed by atoms with Crippen LogP contribution in [0.1, 0.15) is 18.4 Å². The number of carbonyl (C=O) groups is 1. The first-order chi connectivity index (χ1) is 6.15. The van der Waals surface area contributed by atoms with Gasteiger partial charge in [0.05, 0.1) is 12.0 Å². The Morgan fingerprint density at radius 3 is 2.23 bits per heavy atom. The highest BCUT2D eigenvalue weighted by Gasteiger charge is 2.15. The Morgan fingerprint density at radius 1 is 1.31 bits per heavy atom. The van der Waals surface area contributed by atoms with E-state index in [0.29, 0.717) is 11.8 Å². The zero-order valence-corrected chi connectivity index (χ0v) is 7.34. The second kappa shape index (κ2) is 4.05. The molecule has 70 valence electrons. The number of aldehydes is 1. The number of aliphatic hydroxyl groups excluding tert-OH is 1. The molecule has 2 N–H and O–H groups in total. The smallest absolute Gasteiger partial charge is 0.130 e. The molecule has 0 spiro atoms. The summed E-state index contributed by atoms with van der Waals surface area (Å²) >= 11 is 0. The molecule has 0 aromatic heterocycles. The van der Waals surface area contributed by atoms with Crippen molar-refractivity contribution in [2.45, 2.75) is 18.9 Å². The van der Waals surface area contributed by atoms with Gasteiger partial charge in [0.25, 0.3) is 0 Å². The molecule has 0 heterocycles. The number of phenolic OH excluding ortho intramolecular Hbond substituents is 1. The normalized spacial score (nSPS) is 14.9. The lowest BCUT2D eigenvalue weighted by molar-refractivity contribution is -0.111. The summed E-state index contributed by atoms with van der Waals surface area (Å²) in [6.45, 7) is 1.56. The molecule has 0 aliphatic rings. The van der Waals surface area contributed by atoms with Gasteiger partial charge in [-0.1, -0.05) is 12.1 Å². The fourth-order valence-corrected chi connectivity index (χ4v) is 1.17. The zero-order valence-electron chi connectivity index (χ0n) is 7.34. The lowest BCUT2D eigenvalue weighted by atomic mass is 9.96. The van der Waals surface area contributed by atoms with Gasteiger partial charge < -0.3 is 15.0 Å². The molecule has 2 unspecified atom stereocenters. The first-order valence-corrected chi connectivity index (χ1v) is 4.07. The number of carbonyl (C=O) groups excluding carboxylic acids is 1. The molecule has 1 rings (SSSR count). The summed E-state index contributed by atoms with van der Waals surface area (Å²) in [6, 6.07) is 6.24. The third kappa shape index (κ3) is 2.29. The second-order valence-corrected chi connectivity index (χ2v) is 2.99. The van der Waals surface area contributed by atoms with Crippen molar-refractivity contribution in [3.8, 4) is 5.75 Å². The molecule has 0 amide bonds. The van der Waals surface area contributed by atoms with Crippen LogP contribution in [0, 0.1) is 0 Å². The molecule has 0 aliphatic heterocycles. The van der Waals surface area contributed by atoms with Crippen LogP contribution in [0.5, 0.6) is 5.75 Å². The van der Waals surface area contributed by atoms with Gasteiger partial charge in [0.15, 0.2) is 0 Å². The van der Waals surface area contributed by atoms with Crippen LogP contribution in [0.25, 0.3) is 0 Å². The van der Waals surface area contributed by atoms with E-state index < -0.39 is 12.0 Å². The minimum Gasteiger partial charge on any atom is -0.508 e. The number of benzene rings is 1. The predicted molar refractivity (Wildman–Crippen MR) is 48.6 cm³/mol. The van der Waals surface area contributed by atoms with Gasteiger partial charge in [0, 0.05) is 0 Å². The van der Waals surface area contributed by atoms with E-state index >= 15 is 0 Å². The van der Waals surface area contributed by atoms with Crippen LogP contribution in [-0.2, 0) is 4.79 Å². The number of rotatable bonds is 3. The van der Waals surface area contributed by atoms with Crippen molar-refractivity contribution in [3.05, 3.63) is 29.8 Å². The van der Waals surface area contributed by atoms with E-state index in [1.165, 1.54) is 12.1 Å². The first kappa shape index (κ1) is 9.74. The topological polar surface area (TPSA) is 57.5 Å². The van der Waals surface area contributed by atoms with Crippen molar-refractivity contribution >= 4 is 6.29 Å². The summed E-state index contributed by atoms with van der Waals surface area (Å²) in [7, 11) is 0. The zero-order chi connectivity index (χ0) is 9.84. The van der Waals surface area contributed by atoms with Crippen LogP contribution < -0.4 is 0 Å². The maximum absolute atomic E-state index is 10.6. The third-order valence-electron chi connectivity index (χ3n) is 1.94. The Hall–Kier alpha value is -1.35. The van der Waals surface area contributed by atoms with Gasteiger partial charge in [0.2, 0.25) is 0 Å². The number of hydrogen-bond acceptors (Lipinski definition) is 3. The minimum atomic E-state index is -0.706. The lowest BCUT2D eigenvalue weighted by Gasteiger charge is -2.13. The highest BCUT2D eigenvalue weighted by molar-refractivity contribution is 5.63. The van der Waals surface area contributed by atoms with Crippen LogP contribution in [0.15, 0.2) is 24.3 Å². The Balaban J connectivity index is 2.92. The maximum atomic E-state index is 10.6. The summed E-state index contributed by atoms with van der Waals surface area (Å²) in [6.07, 6.45) is -0.00104. The van der Waals surface area contributed by atoms with Crippen LogP contribution in [0.3, 0.4) is 0 Å². The molecule has 2 atom stereocenters. The van der Waals surface area contributed by atoms with Gasteiger partial charge in [-0.05, 0) is 24.6 Å². The number of phenols is 1. The number of hydrogen-bond donors (Lipinski definition) is 2. The molecular formula is C10H12O3. The van der Waals surface area contributed by atoms with Gasteiger partial charge in [-0.25, -0.2) is 0 Å². The van der Waals surface area contributed by atoms with E-state index in [1.807, 2.05) is 0 Å². The highest BCUT2D eigenvalue weighted by Crippen LogP contribution is 2.19. The Bertz CT molecular complexity index is 277.